The van der Waals surface area contributed by atoms with E-state index in [1.807, 2.05) is 0 Å². The van der Waals surface area contributed by atoms with Crippen molar-refractivity contribution in [1.82, 2.24) is 19.7 Å². The Bertz CT molecular complexity index is 933. The number of aromatic nitrogens is 4. The number of hydrogen-bond acceptors (Lipinski definition) is 5. The molecule has 6 nitrogen and oxygen atoms in total. The van der Waals surface area contributed by atoms with Gasteiger partial charge in [-0.2, -0.15) is 15.1 Å². The van der Waals surface area contributed by atoms with Crippen molar-refractivity contribution in [3.63, 3.8) is 0 Å². The lowest BCUT2D eigenvalue weighted by molar-refractivity contribution is 0.462. The smallest absolute Gasteiger partial charge is 0.231 e. The lowest BCUT2D eigenvalue weighted by atomic mass is 9.95. The fourth-order valence-electron chi connectivity index (χ4n) is 3.34. The molecule has 0 radical (unpaired) electrons. The van der Waals surface area contributed by atoms with Crippen molar-refractivity contribution in [2.45, 2.75) is 38.1 Å². The summed E-state index contributed by atoms with van der Waals surface area (Å²) in [4.78, 5) is 8.95. The minimum absolute atomic E-state index is 0.122. The highest BCUT2D eigenvalue weighted by molar-refractivity contribution is 5.88. The Morgan fingerprint density at radius 1 is 1.12 bits per heavy atom. The van der Waals surface area contributed by atoms with E-state index in [1.165, 1.54) is 31.4 Å². The van der Waals surface area contributed by atoms with E-state index in [0.29, 0.717) is 17.5 Å². The van der Waals surface area contributed by atoms with Gasteiger partial charge in [0.15, 0.2) is 5.65 Å². The molecule has 1 aliphatic carbocycles. The van der Waals surface area contributed by atoms with Gasteiger partial charge in [0.25, 0.3) is 0 Å². The molecule has 2 aromatic heterocycles. The Morgan fingerprint density at radius 2 is 1.92 bits per heavy atom. The lowest BCUT2D eigenvalue weighted by Gasteiger charge is -2.23. The molecule has 4 rings (SSSR count). The third kappa shape index (κ3) is 3.31. The maximum Gasteiger partial charge on any atom is 0.231 e. The second-order valence-corrected chi connectivity index (χ2v) is 6.63. The molecule has 2 heterocycles. The number of nitrogens with one attached hydrogen (secondary N) is 2. The first-order valence-electron chi connectivity index (χ1n) is 8.78. The molecular formula is C18H20F2N6. The van der Waals surface area contributed by atoms with Gasteiger partial charge in [0.2, 0.25) is 5.95 Å². The first-order valence-corrected chi connectivity index (χ1v) is 8.78. The Hall–Kier alpha value is -2.77. The predicted molar refractivity (Wildman–Crippen MR) is 96.4 cm³/mol. The van der Waals surface area contributed by atoms with Crippen LogP contribution >= 0.6 is 0 Å². The molecule has 0 spiro atoms. The van der Waals surface area contributed by atoms with Crippen LogP contribution in [0.25, 0.3) is 11.0 Å². The van der Waals surface area contributed by atoms with E-state index in [9.17, 15) is 8.78 Å². The Morgan fingerprint density at radius 3 is 2.69 bits per heavy atom. The van der Waals surface area contributed by atoms with E-state index >= 15 is 0 Å². The summed E-state index contributed by atoms with van der Waals surface area (Å²) >= 11 is 0. The molecule has 0 bridgehead atoms. The first kappa shape index (κ1) is 16.7. The van der Waals surface area contributed by atoms with Gasteiger partial charge in [-0.1, -0.05) is 19.3 Å². The van der Waals surface area contributed by atoms with Crippen molar-refractivity contribution >= 4 is 28.5 Å². The van der Waals surface area contributed by atoms with Crippen LogP contribution in [0.4, 0.5) is 26.2 Å². The number of halogens is 2. The first-order chi connectivity index (χ1) is 12.6. The highest BCUT2D eigenvalue weighted by Crippen LogP contribution is 2.27. The predicted octanol–water partition coefficient (Wildman–Crippen LogP) is 4.13. The SMILES string of the molecule is Cn1ncc2c(NC3CCCCC3)nc(Nc3ccc(F)cc3F)nc21. The molecule has 26 heavy (non-hydrogen) atoms. The maximum atomic E-state index is 14.0. The number of fused-ring (bicyclic) bond motifs is 1. The van der Waals surface area contributed by atoms with E-state index in [1.54, 1.807) is 17.9 Å². The van der Waals surface area contributed by atoms with Gasteiger partial charge in [0.05, 0.1) is 17.3 Å². The van der Waals surface area contributed by atoms with Crippen LogP contribution in [0.2, 0.25) is 0 Å². The Labute approximate surface area is 149 Å². The number of anilines is 3. The molecule has 1 saturated carbocycles. The topological polar surface area (TPSA) is 67.7 Å². The fourth-order valence-corrected chi connectivity index (χ4v) is 3.34. The van der Waals surface area contributed by atoms with Crippen LogP contribution in [0.3, 0.4) is 0 Å². The van der Waals surface area contributed by atoms with Crippen LogP contribution in [-0.2, 0) is 7.05 Å². The van der Waals surface area contributed by atoms with Gasteiger partial charge in [-0.3, -0.25) is 4.68 Å². The summed E-state index contributed by atoms with van der Waals surface area (Å²) in [6.07, 6.45) is 7.58. The van der Waals surface area contributed by atoms with Crippen LogP contribution in [-0.4, -0.2) is 25.8 Å². The van der Waals surface area contributed by atoms with Gasteiger partial charge in [-0.25, -0.2) is 8.78 Å². The van der Waals surface area contributed by atoms with E-state index in [4.69, 9.17) is 0 Å². The van der Waals surface area contributed by atoms with Gasteiger partial charge in [0, 0.05) is 19.2 Å². The number of nitrogens with zero attached hydrogens (tertiary/aromatic N) is 4. The molecule has 0 amide bonds. The molecule has 2 N–H and O–H groups in total. The van der Waals surface area contributed by atoms with Crippen LogP contribution in [0, 0.1) is 11.6 Å². The van der Waals surface area contributed by atoms with Crippen LogP contribution in [0.1, 0.15) is 32.1 Å². The summed E-state index contributed by atoms with van der Waals surface area (Å²) in [5.74, 6) is -0.402. The molecule has 1 aromatic carbocycles. The molecule has 3 aromatic rings. The third-order valence-electron chi connectivity index (χ3n) is 4.72. The van der Waals surface area contributed by atoms with Gasteiger partial charge >= 0.3 is 0 Å². The highest BCUT2D eigenvalue weighted by atomic mass is 19.1. The van der Waals surface area contributed by atoms with E-state index in [-0.39, 0.29) is 11.6 Å². The van der Waals surface area contributed by atoms with Crippen molar-refractivity contribution in [2.75, 3.05) is 10.6 Å². The normalized spacial score (nSPS) is 15.3. The standard InChI is InChI=1S/C18H20F2N6/c1-26-17-13(10-21-26)16(22-12-5-3-2-4-6-12)24-18(25-17)23-15-8-7-11(19)9-14(15)20/h7-10,12H,2-6H2,1H3,(H2,22,23,24,25). The summed E-state index contributed by atoms with van der Waals surface area (Å²) in [5.41, 5.74) is 0.764. The molecule has 8 heteroatoms. The minimum Gasteiger partial charge on any atom is -0.367 e. The summed E-state index contributed by atoms with van der Waals surface area (Å²) in [6.45, 7) is 0. The van der Waals surface area contributed by atoms with Crippen molar-refractivity contribution in [1.29, 1.82) is 0 Å². The van der Waals surface area contributed by atoms with Crippen LogP contribution in [0.15, 0.2) is 24.4 Å². The van der Waals surface area contributed by atoms with E-state index < -0.39 is 11.6 Å². The molecule has 0 atom stereocenters. The molecular weight excluding hydrogens is 338 g/mol. The molecule has 1 fully saturated rings. The van der Waals surface area contributed by atoms with Crippen LogP contribution < -0.4 is 10.6 Å². The average Bonchev–Trinajstić information content (AvgIpc) is 3.00. The van der Waals surface area contributed by atoms with E-state index in [0.717, 1.165) is 24.3 Å². The molecule has 136 valence electrons. The molecule has 0 saturated heterocycles. The molecule has 0 unspecified atom stereocenters. The van der Waals surface area contributed by atoms with Crippen molar-refractivity contribution in [3.05, 3.63) is 36.0 Å². The Balaban J connectivity index is 1.69. The van der Waals surface area contributed by atoms with Gasteiger partial charge < -0.3 is 10.6 Å². The Kier molecular flexibility index (Phi) is 4.40. The quantitative estimate of drug-likeness (QED) is 0.734. The average molecular weight is 358 g/mol. The number of benzene rings is 1. The molecule has 1 aliphatic rings. The largest absolute Gasteiger partial charge is 0.367 e. The number of hydrogen-bond donors (Lipinski definition) is 2. The zero-order chi connectivity index (χ0) is 18.1. The number of aryl methyl sites for hydroxylation is 1. The van der Waals surface area contributed by atoms with Gasteiger partial charge in [-0.15, -0.1) is 0 Å². The third-order valence-corrected chi connectivity index (χ3v) is 4.72. The minimum atomic E-state index is -0.694. The van der Waals surface area contributed by atoms with Crippen LogP contribution in [0.5, 0.6) is 0 Å². The van der Waals surface area contributed by atoms with Crippen molar-refractivity contribution in [3.8, 4) is 0 Å². The summed E-state index contributed by atoms with van der Waals surface area (Å²) in [5, 5.41) is 11.4. The number of rotatable bonds is 4. The monoisotopic (exact) mass is 358 g/mol. The fraction of sp³-hybridized carbons (Fsp3) is 0.389. The zero-order valence-corrected chi connectivity index (χ0v) is 14.5. The second-order valence-electron chi connectivity index (χ2n) is 6.63. The second kappa shape index (κ2) is 6.86. The van der Waals surface area contributed by atoms with Gasteiger partial charge in [0.1, 0.15) is 17.5 Å². The zero-order valence-electron chi connectivity index (χ0n) is 14.5. The lowest BCUT2D eigenvalue weighted by Crippen LogP contribution is -2.23. The van der Waals surface area contributed by atoms with Crippen molar-refractivity contribution in [2.24, 2.45) is 7.05 Å². The van der Waals surface area contributed by atoms with E-state index in [2.05, 4.69) is 25.7 Å². The van der Waals surface area contributed by atoms with Gasteiger partial charge in [-0.05, 0) is 25.0 Å². The summed E-state index contributed by atoms with van der Waals surface area (Å²) in [6, 6.07) is 3.70. The summed E-state index contributed by atoms with van der Waals surface area (Å²) < 4.78 is 28.7. The maximum absolute atomic E-state index is 14.0. The molecule has 0 aliphatic heterocycles. The van der Waals surface area contributed by atoms with Crippen molar-refractivity contribution < 1.29 is 8.78 Å². The summed E-state index contributed by atoms with van der Waals surface area (Å²) in [7, 11) is 1.79. The highest BCUT2D eigenvalue weighted by Gasteiger charge is 2.18.